The van der Waals surface area contributed by atoms with Gasteiger partial charge in [0.15, 0.2) is 5.65 Å². The molecule has 0 saturated carbocycles. The molecular formula is C17H15N5O. The van der Waals surface area contributed by atoms with Crippen LogP contribution in [0.25, 0.3) is 16.9 Å². The standard InChI is InChI=1S/C17H15N5O/c1-12(7-9-18)21-17(23)14-11-20-22-15(8-10-19-16(14)22)13-5-3-2-4-6-13/h2-6,8,10-12H,7H2,1H3,(H,21,23). The molecule has 2 heterocycles. The first-order chi connectivity index (χ1) is 11.2. The number of nitriles is 1. The van der Waals surface area contributed by atoms with Crippen LogP contribution in [0.15, 0.2) is 48.8 Å². The topological polar surface area (TPSA) is 83.1 Å². The molecule has 23 heavy (non-hydrogen) atoms. The molecule has 1 unspecified atom stereocenters. The maximum Gasteiger partial charge on any atom is 0.257 e. The Labute approximate surface area is 133 Å². The Balaban J connectivity index is 1.99. The molecule has 0 spiro atoms. The molecule has 3 aromatic rings. The molecule has 0 bridgehead atoms. The van der Waals surface area contributed by atoms with Crippen molar-refractivity contribution in [3.05, 3.63) is 54.4 Å². The van der Waals surface area contributed by atoms with Crippen molar-refractivity contribution in [2.24, 2.45) is 0 Å². The van der Waals surface area contributed by atoms with Crippen molar-refractivity contribution in [2.75, 3.05) is 0 Å². The molecule has 114 valence electrons. The Kier molecular flexibility index (Phi) is 4.02. The number of hydrogen-bond acceptors (Lipinski definition) is 4. The highest BCUT2D eigenvalue weighted by Gasteiger charge is 2.17. The summed E-state index contributed by atoms with van der Waals surface area (Å²) in [7, 11) is 0. The number of nitrogens with one attached hydrogen (secondary N) is 1. The van der Waals surface area contributed by atoms with Crippen LogP contribution >= 0.6 is 0 Å². The van der Waals surface area contributed by atoms with Crippen LogP contribution in [0.4, 0.5) is 0 Å². The van der Waals surface area contributed by atoms with Gasteiger partial charge in [0, 0.05) is 17.8 Å². The molecule has 6 heteroatoms. The van der Waals surface area contributed by atoms with Crippen LogP contribution in [0.3, 0.4) is 0 Å². The normalized spacial score (nSPS) is 11.8. The number of fused-ring (bicyclic) bond motifs is 1. The van der Waals surface area contributed by atoms with Gasteiger partial charge in [-0.2, -0.15) is 10.4 Å². The summed E-state index contributed by atoms with van der Waals surface area (Å²) in [6.07, 6.45) is 3.42. The third kappa shape index (κ3) is 2.90. The van der Waals surface area contributed by atoms with Gasteiger partial charge in [-0.3, -0.25) is 4.79 Å². The molecule has 0 radical (unpaired) electrons. The second-order valence-corrected chi connectivity index (χ2v) is 5.23. The van der Waals surface area contributed by atoms with Crippen LogP contribution in [-0.4, -0.2) is 26.5 Å². The largest absolute Gasteiger partial charge is 0.348 e. The predicted octanol–water partition coefficient (Wildman–Crippen LogP) is 2.43. The fraction of sp³-hybridized carbons (Fsp3) is 0.176. The third-order valence-corrected chi connectivity index (χ3v) is 3.49. The van der Waals surface area contributed by atoms with Crippen molar-refractivity contribution >= 4 is 11.6 Å². The highest BCUT2D eigenvalue weighted by Crippen LogP contribution is 2.20. The van der Waals surface area contributed by atoms with E-state index in [1.54, 1.807) is 17.6 Å². The van der Waals surface area contributed by atoms with Crippen molar-refractivity contribution in [3.8, 4) is 17.3 Å². The van der Waals surface area contributed by atoms with Gasteiger partial charge in [-0.1, -0.05) is 30.3 Å². The number of hydrogen-bond donors (Lipinski definition) is 1. The lowest BCUT2D eigenvalue weighted by atomic mass is 10.1. The van der Waals surface area contributed by atoms with Gasteiger partial charge in [0.2, 0.25) is 0 Å². The van der Waals surface area contributed by atoms with Crippen LogP contribution in [-0.2, 0) is 0 Å². The summed E-state index contributed by atoms with van der Waals surface area (Å²) in [6, 6.07) is 13.5. The van der Waals surface area contributed by atoms with Crippen molar-refractivity contribution in [1.82, 2.24) is 19.9 Å². The van der Waals surface area contributed by atoms with E-state index in [-0.39, 0.29) is 18.4 Å². The highest BCUT2D eigenvalue weighted by molar-refractivity contribution is 6.00. The fourth-order valence-electron chi connectivity index (χ4n) is 2.37. The summed E-state index contributed by atoms with van der Waals surface area (Å²) in [6.45, 7) is 1.79. The van der Waals surface area contributed by atoms with Gasteiger partial charge in [0.1, 0.15) is 5.56 Å². The van der Waals surface area contributed by atoms with Gasteiger partial charge in [0.25, 0.3) is 5.91 Å². The minimum Gasteiger partial charge on any atom is -0.348 e. The summed E-state index contributed by atoms with van der Waals surface area (Å²) >= 11 is 0. The smallest absolute Gasteiger partial charge is 0.257 e. The van der Waals surface area contributed by atoms with E-state index >= 15 is 0 Å². The van der Waals surface area contributed by atoms with Crippen LogP contribution in [0, 0.1) is 11.3 Å². The third-order valence-electron chi connectivity index (χ3n) is 3.49. The second-order valence-electron chi connectivity index (χ2n) is 5.23. The second kappa shape index (κ2) is 6.28. The lowest BCUT2D eigenvalue weighted by Crippen LogP contribution is -2.32. The zero-order chi connectivity index (χ0) is 16.2. The Morgan fingerprint density at radius 1 is 1.35 bits per heavy atom. The van der Waals surface area contributed by atoms with E-state index in [0.717, 1.165) is 11.3 Å². The molecule has 0 saturated heterocycles. The van der Waals surface area contributed by atoms with Crippen molar-refractivity contribution in [2.45, 2.75) is 19.4 Å². The van der Waals surface area contributed by atoms with Crippen molar-refractivity contribution in [3.63, 3.8) is 0 Å². The zero-order valence-corrected chi connectivity index (χ0v) is 12.6. The van der Waals surface area contributed by atoms with Crippen LogP contribution in [0.5, 0.6) is 0 Å². The molecule has 0 fully saturated rings. The van der Waals surface area contributed by atoms with Crippen molar-refractivity contribution < 1.29 is 4.79 Å². The summed E-state index contributed by atoms with van der Waals surface area (Å²) in [5.74, 6) is -0.277. The van der Waals surface area contributed by atoms with Gasteiger partial charge >= 0.3 is 0 Å². The molecule has 0 aliphatic rings. The number of nitrogens with zero attached hydrogens (tertiary/aromatic N) is 4. The number of carbonyl (C=O) groups is 1. The molecule has 0 aliphatic heterocycles. The maximum atomic E-state index is 12.3. The lowest BCUT2D eigenvalue weighted by Gasteiger charge is -2.09. The molecule has 1 amide bonds. The Hall–Kier alpha value is -3.20. The molecule has 1 atom stereocenters. The average molecular weight is 305 g/mol. The molecule has 1 aromatic carbocycles. The first-order valence-corrected chi connectivity index (χ1v) is 7.26. The fourth-order valence-corrected chi connectivity index (χ4v) is 2.37. The summed E-state index contributed by atoms with van der Waals surface area (Å²) in [4.78, 5) is 16.6. The van der Waals surface area contributed by atoms with E-state index in [1.165, 1.54) is 6.20 Å². The van der Waals surface area contributed by atoms with Gasteiger partial charge in [0.05, 0.1) is 24.4 Å². The van der Waals surface area contributed by atoms with E-state index in [9.17, 15) is 4.79 Å². The van der Waals surface area contributed by atoms with E-state index in [2.05, 4.69) is 15.4 Å². The van der Waals surface area contributed by atoms with E-state index in [1.807, 2.05) is 42.5 Å². The van der Waals surface area contributed by atoms with E-state index in [4.69, 9.17) is 5.26 Å². The van der Waals surface area contributed by atoms with E-state index in [0.29, 0.717) is 11.2 Å². The number of aromatic nitrogens is 3. The monoisotopic (exact) mass is 305 g/mol. The molecule has 0 aliphatic carbocycles. The minimum absolute atomic E-state index is 0.222. The van der Waals surface area contributed by atoms with Gasteiger partial charge in [-0.25, -0.2) is 9.50 Å². The highest BCUT2D eigenvalue weighted by atomic mass is 16.1. The summed E-state index contributed by atoms with van der Waals surface area (Å²) < 4.78 is 1.65. The number of carbonyl (C=O) groups excluding carboxylic acids is 1. The van der Waals surface area contributed by atoms with Gasteiger partial charge in [-0.15, -0.1) is 0 Å². The first-order valence-electron chi connectivity index (χ1n) is 7.26. The number of benzene rings is 1. The lowest BCUT2D eigenvalue weighted by molar-refractivity contribution is 0.0942. The van der Waals surface area contributed by atoms with Crippen LogP contribution < -0.4 is 5.32 Å². The summed E-state index contributed by atoms with van der Waals surface area (Å²) in [5.41, 5.74) is 2.74. The van der Waals surface area contributed by atoms with Crippen LogP contribution in [0.2, 0.25) is 0 Å². The Bertz CT molecular complexity index is 879. The molecule has 3 rings (SSSR count). The SMILES string of the molecule is CC(CC#N)NC(=O)c1cnn2c(-c3ccccc3)ccnc12. The minimum atomic E-state index is -0.277. The van der Waals surface area contributed by atoms with Crippen LogP contribution in [0.1, 0.15) is 23.7 Å². The summed E-state index contributed by atoms with van der Waals surface area (Å²) in [5, 5.41) is 15.8. The maximum absolute atomic E-state index is 12.3. The number of amides is 1. The first kappa shape index (κ1) is 14.7. The Morgan fingerprint density at radius 3 is 2.87 bits per heavy atom. The predicted molar refractivity (Wildman–Crippen MR) is 85.6 cm³/mol. The quantitative estimate of drug-likeness (QED) is 0.802. The molecular weight excluding hydrogens is 290 g/mol. The molecule has 6 nitrogen and oxygen atoms in total. The van der Waals surface area contributed by atoms with Crippen molar-refractivity contribution in [1.29, 1.82) is 5.26 Å². The molecule has 2 aromatic heterocycles. The average Bonchev–Trinajstić information content (AvgIpc) is 3.00. The molecule has 1 N–H and O–H groups in total. The Morgan fingerprint density at radius 2 is 2.13 bits per heavy atom. The number of rotatable bonds is 4. The zero-order valence-electron chi connectivity index (χ0n) is 12.6. The van der Waals surface area contributed by atoms with Gasteiger partial charge < -0.3 is 5.32 Å². The van der Waals surface area contributed by atoms with E-state index < -0.39 is 0 Å². The van der Waals surface area contributed by atoms with Gasteiger partial charge in [-0.05, 0) is 13.0 Å².